The number of unbranched alkanes of at least 4 members (excludes halogenated alkanes) is 7. The zero-order chi connectivity index (χ0) is 20.6. The van der Waals surface area contributed by atoms with E-state index >= 15 is 0 Å². The Morgan fingerprint density at radius 2 is 1.61 bits per heavy atom. The summed E-state index contributed by atoms with van der Waals surface area (Å²) in [6.07, 6.45) is 4.08. The molecule has 2 atom stereocenters. The van der Waals surface area contributed by atoms with E-state index < -0.39 is 17.8 Å². The lowest BCUT2D eigenvalue weighted by molar-refractivity contribution is -0.202. The van der Waals surface area contributed by atoms with Gasteiger partial charge in [0.05, 0.1) is 0 Å². The zero-order valence-corrected chi connectivity index (χ0v) is 16.9. The second-order valence-electron chi connectivity index (χ2n) is 7.82. The molecule has 0 saturated carbocycles. The van der Waals surface area contributed by atoms with Crippen LogP contribution in [0.25, 0.3) is 10.9 Å². The van der Waals surface area contributed by atoms with Crippen LogP contribution in [0.1, 0.15) is 70.9 Å². The highest BCUT2D eigenvalue weighted by atomic mass is 19.4. The van der Waals surface area contributed by atoms with Gasteiger partial charge in [-0.25, -0.2) is 0 Å². The molecular formula is C22H33F3N2O. The molecule has 0 radical (unpaired) electrons. The molecule has 2 rings (SSSR count). The van der Waals surface area contributed by atoms with Crippen LogP contribution < -0.4 is 5.32 Å². The lowest BCUT2D eigenvalue weighted by atomic mass is 9.91. The van der Waals surface area contributed by atoms with E-state index in [1.54, 1.807) is 18.2 Å². The van der Waals surface area contributed by atoms with Gasteiger partial charge in [-0.05, 0) is 37.4 Å². The van der Waals surface area contributed by atoms with E-state index in [9.17, 15) is 18.3 Å². The number of hydrogen-bond acceptors (Lipinski definition) is 2. The second kappa shape index (κ2) is 10.3. The number of aromatic amines is 1. The molecule has 1 aromatic heterocycles. The van der Waals surface area contributed by atoms with Crippen LogP contribution >= 0.6 is 0 Å². The molecular weight excluding hydrogens is 365 g/mol. The van der Waals surface area contributed by atoms with Gasteiger partial charge in [-0.1, -0.05) is 70.1 Å². The molecule has 0 amide bonds. The first-order valence-corrected chi connectivity index (χ1v) is 10.4. The second-order valence-corrected chi connectivity index (χ2v) is 7.82. The standard InChI is InChI=1S/C22H33F3N2O/c1-3-4-5-6-7-8-9-12-15-26-20(22(23,24)25)21(2,28)19-16-17-13-10-11-14-18(17)27-19/h10-11,13-14,16,20,26-28H,3-9,12,15H2,1-2H3. The molecule has 6 heteroatoms. The molecule has 0 fully saturated rings. The minimum atomic E-state index is -4.55. The van der Waals surface area contributed by atoms with Gasteiger partial charge in [0.25, 0.3) is 0 Å². The molecule has 28 heavy (non-hydrogen) atoms. The number of halogens is 3. The third-order valence-electron chi connectivity index (χ3n) is 5.34. The molecule has 1 aromatic carbocycles. The smallest absolute Gasteiger partial charge is 0.382 e. The topological polar surface area (TPSA) is 48.0 Å². The van der Waals surface area contributed by atoms with E-state index in [1.165, 1.54) is 32.6 Å². The van der Waals surface area contributed by atoms with Crippen molar-refractivity contribution in [3.8, 4) is 0 Å². The Kier molecular flexibility index (Phi) is 8.38. The number of rotatable bonds is 12. The van der Waals surface area contributed by atoms with Crippen molar-refractivity contribution in [3.63, 3.8) is 0 Å². The van der Waals surface area contributed by atoms with Crippen molar-refractivity contribution < 1.29 is 18.3 Å². The predicted octanol–water partition coefficient (Wildman–Crippen LogP) is 6.04. The van der Waals surface area contributed by atoms with Crippen molar-refractivity contribution in [1.82, 2.24) is 10.3 Å². The van der Waals surface area contributed by atoms with E-state index in [0.717, 1.165) is 24.6 Å². The van der Waals surface area contributed by atoms with Crippen LogP contribution in [0.3, 0.4) is 0 Å². The number of benzene rings is 1. The van der Waals surface area contributed by atoms with E-state index in [4.69, 9.17) is 0 Å². The number of aromatic nitrogens is 1. The van der Waals surface area contributed by atoms with Crippen LogP contribution in [0.5, 0.6) is 0 Å². The summed E-state index contributed by atoms with van der Waals surface area (Å²) in [6, 6.07) is 6.77. The predicted molar refractivity (Wildman–Crippen MR) is 108 cm³/mol. The summed E-state index contributed by atoms with van der Waals surface area (Å²) in [6.45, 7) is 3.62. The van der Waals surface area contributed by atoms with Crippen molar-refractivity contribution >= 4 is 10.9 Å². The molecule has 0 spiro atoms. The maximum absolute atomic E-state index is 13.7. The van der Waals surface area contributed by atoms with Crippen molar-refractivity contribution in [2.75, 3.05) is 6.54 Å². The van der Waals surface area contributed by atoms with Crippen molar-refractivity contribution in [2.45, 2.75) is 83.0 Å². The van der Waals surface area contributed by atoms with Crippen LogP contribution in [0, 0.1) is 0 Å². The van der Waals surface area contributed by atoms with Crippen molar-refractivity contribution in [2.24, 2.45) is 0 Å². The first-order chi connectivity index (χ1) is 13.3. The van der Waals surface area contributed by atoms with Gasteiger partial charge in [0.1, 0.15) is 11.6 Å². The van der Waals surface area contributed by atoms with E-state index in [-0.39, 0.29) is 12.2 Å². The van der Waals surface area contributed by atoms with Crippen LogP contribution in [-0.4, -0.2) is 28.9 Å². The lowest BCUT2D eigenvalue weighted by Gasteiger charge is -2.34. The van der Waals surface area contributed by atoms with Gasteiger partial charge in [-0.2, -0.15) is 13.2 Å². The highest BCUT2D eigenvalue weighted by molar-refractivity contribution is 5.80. The number of aliphatic hydroxyl groups is 1. The van der Waals surface area contributed by atoms with Crippen molar-refractivity contribution in [3.05, 3.63) is 36.0 Å². The van der Waals surface area contributed by atoms with E-state index in [2.05, 4.69) is 17.2 Å². The van der Waals surface area contributed by atoms with E-state index in [0.29, 0.717) is 11.9 Å². The molecule has 2 aromatic rings. The summed E-state index contributed by atoms with van der Waals surface area (Å²) >= 11 is 0. The quantitative estimate of drug-likeness (QED) is 0.382. The van der Waals surface area contributed by atoms with Crippen LogP contribution in [0.4, 0.5) is 13.2 Å². The third-order valence-corrected chi connectivity index (χ3v) is 5.34. The molecule has 1 heterocycles. The lowest BCUT2D eigenvalue weighted by Crippen LogP contribution is -2.56. The Labute approximate surface area is 165 Å². The fourth-order valence-corrected chi connectivity index (χ4v) is 3.64. The van der Waals surface area contributed by atoms with Gasteiger partial charge < -0.3 is 15.4 Å². The zero-order valence-electron chi connectivity index (χ0n) is 16.9. The molecule has 0 aliphatic heterocycles. The minimum absolute atomic E-state index is 0.166. The largest absolute Gasteiger partial charge is 0.407 e. The Morgan fingerprint density at radius 3 is 2.21 bits per heavy atom. The van der Waals surface area contributed by atoms with Crippen molar-refractivity contribution in [1.29, 1.82) is 0 Å². The molecule has 0 saturated heterocycles. The summed E-state index contributed by atoms with van der Waals surface area (Å²) in [5, 5.41) is 14.1. The monoisotopic (exact) mass is 398 g/mol. The number of H-pyrrole nitrogens is 1. The molecule has 0 aliphatic carbocycles. The number of hydrogen-bond donors (Lipinski definition) is 3. The normalized spacial score (nSPS) is 15.6. The summed E-state index contributed by atoms with van der Waals surface area (Å²) in [5.74, 6) is 0. The average molecular weight is 399 g/mol. The summed E-state index contributed by atoms with van der Waals surface area (Å²) in [7, 11) is 0. The molecule has 3 N–H and O–H groups in total. The highest BCUT2D eigenvalue weighted by Gasteiger charge is 2.51. The van der Waals surface area contributed by atoms with Crippen LogP contribution in [0.2, 0.25) is 0 Å². The maximum atomic E-state index is 13.7. The summed E-state index contributed by atoms with van der Waals surface area (Å²) < 4.78 is 41.0. The first-order valence-electron chi connectivity index (χ1n) is 10.4. The minimum Gasteiger partial charge on any atom is -0.382 e. The summed E-state index contributed by atoms with van der Waals surface area (Å²) in [5.41, 5.74) is -1.21. The summed E-state index contributed by atoms with van der Waals surface area (Å²) in [4.78, 5) is 2.93. The number of nitrogens with one attached hydrogen (secondary N) is 2. The van der Waals surface area contributed by atoms with E-state index in [1.807, 2.05) is 12.1 Å². The van der Waals surface area contributed by atoms with Gasteiger partial charge in [0.2, 0.25) is 0 Å². The van der Waals surface area contributed by atoms with Crippen LogP contribution in [-0.2, 0) is 5.60 Å². The molecule has 0 bridgehead atoms. The fourth-order valence-electron chi connectivity index (χ4n) is 3.64. The van der Waals surface area contributed by atoms with Gasteiger partial charge in [0.15, 0.2) is 0 Å². The molecule has 3 nitrogen and oxygen atoms in total. The maximum Gasteiger partial charge on any atom is 0.407 e. The van der Waals surface area contributed by atoms with Gasteiger partial charge in [-0.15, -0.1) is 0 Å². The van der Waals surface area contributed by atoms with Gasteiger partial charge >= 0.3 is 6.18 Å². The molecule has 158 valence electrons. The Bertz CT molecular complexity index is 676. The number of alkyl halides is 3. The Balaban J connectivity index is 1.91. The molecule has 2 unspecified atom stereocenters. The Hall–Kier alpha value is -1.53. The number of fused-ring (bicyclic) bond motifs is 1. The third kappa shape index (κ3) is 6.24. The average Bonchev–Trinajstić information content (AvgIpc) is 3.07. The highest BCUT2D eigenvalue weighted by Crippen LogP contribution is 2.35. The SMILES string of the molecule is CCCCCCCCCCNC(C(F)(F)F)C(C)(O)c1cc2ccccc2[nH]1. The first kappa shape index (κ1) is 22.8. The fraction of sp³-hybridized carbons (Fsp3) is 0.636. The van der Waals surface area contributed by atoms with Gasteiger partial charge in [0, 0.05) is 11.2 Å². The van der Waals surface area contributed by atoms with Gasteiger partial charge in [-0.3, -0.25) is 0 Å². The Morgan fingerprint density at radius 1 is 1.00 bits per heavy atom. The number of para-hydroxylation sites is 1. The van der Waals surface area contributed by atoms with Crippen LogP contribution in [0.15, 0.2) is 30.3 Å². The molecule has 0 aliphatic rings.